The smallest absolute Gasteiger partial charge is 0.0631 e. The molecule has 0 aromatic carbocycles. The van der Waals surface area contributed by atoms with E-state index in [9.17, 15) is 0 Å². The summed E-state index contributed by atoms with van der Waals surface area (Å²) in [5, 5.41) is 0. The fourth-order valence-electron chi connectivity index (χ4n) is 0.523. The van der Waals surface area contributed by atoms with Crippen molar-refractivity contribution in [3.63, 3.8) is 0 Å². The molecule has 8 heavy (non-hydrogen) atoms. The lowest BCUT2D eigenvalue weighted by Gasteiger charge is -2.04. The molecule has 0 aromatic rings. The molecular weight excluding hydrogens is 96.1 g/mol. The highest BCUT2D eigenvalue weighted by atomic mass is 14.1. The zero-order chi connectivity index (χ0) is 6.57. The van der Waals surface area contributed by atoms with Crippen LogP contribution < -0.4 is 0 Å². The van der Waals surface area contributed by atoms with Crippen LogP contribution in [0.5, 0.6) is 0 Å². The molecule has 0 aliphatic rings. The van der Waals surface area contributed by atoms with Gasteiger partial charge in [-0.15, -0.1) is 0 Å². The van der Waals surface area contributed by atoms with Crippen molar-refractivity contribution in [2.24, 2.45) is 5.92 Å². The van der Waals surface area contributed by atoms with Gasteiger partial charge in [-0.2, -0.15) is 0 Å². The van der Waals surface area contributed by atoms with Gasteiger partial charge in [-0.1, -0.05) is 6.92 Å². The van der Waals surface area contributed by atoms with Crippen molar-refractivity contribution in [3.05, 3.63) is 18.6 Å². The van der Waals surface area contributed by atoms with Gasteiger partial charge in [0.1, 0.15) is 0 Å². The second kappa shape index (κ2) is 3.59. The number of allylic oxidation sites excluding steroid dienone is 1. The molecule has 0 saturated heterocycles. The van der Waals surface area contributed by atoms with E-state index in [1.165, 1.54) is 12.3 Å². The summed E-state index contributed by atoms with van der Waals surface area (Å²) in [7, 11) is 0. The van der Waals surface area contributed by atoms with Gasteiger partial charge in [-0.3, -0.25) is 0 Å². The number of hydrogen-bond donors (Lipinski definition) is 0. The molecule has 0 aliphatic heterocycles. The van der Waals surface area contributed by atoms with Crippen molar-refractivity contribution in [1.29, 1.82) is 0 Å². The Morgan fingerprint density at radius 1 is 1.75 bits per heavy atom. The topological polar surface area (TPSA) is 0 Å². The summed E-state index contributed by atoms with van der Waals surface area (Å²) in [4.78, 5) is 0. The molecule has 0 aliphatic carbocycles. The molecule has 46 valence electrons. The summed E-state index contributed by atoms with van der Waals surface area (Å²) in [6, 6.07) is 0. The lowest BCUT2D eigenvalue weighted by molar-refractivity contribution is 0.606. The predicted octanol–water partition coefficient (Wildman–Crippen LogP) is 2.81. The van der Waals surface area contributed by atoms with E-state index < -0.39 is 0 Å². The average Bonchev–Trinajstić information content (AvgIpc) is 1.84. The lowest BCUT2D eigenvalue weighted by Crippen LogP contribution is -1.99. The standard InChI is InChI=1S/C8H15/c1-5-7(3)8(4)6-2/h5,8H,1,6H2,2-4H3/q+1. The molecule has 0 nitrogen and oxygen atoms in total. The molecule has 0 N–H and O–H groups in total. The highest BCUT2D eigenvalue weighted by Crippen LogP contribution is 2.16. The van der Waals surface area contributed by atoms with E-state index in [0.29, 0.717) is 5.92 Å². The first-order valence-corrected chi connectivity index (χ1v) is 3.18. The molecule has 0 spiro atoms. The van der Waals surface area contributed by atoms with Crippen LogP contribution in [0.3, 0.4) is 0 Å². The molecule has 0 heteroatoms. The van der Waals surface area contributed by atoms with Crippen LogP contribution in [0, 0.1) is 11.8 Å². The molecular formula is C8H15+. The number of hydrogen-bond acceptors (Lipinski definition) is 0. The molecule has 0 rings (SSSR count). The third-order valence-corrected chi connectivity index (χ3v) is 1.71. The Kier molecular flexibility index (Phi) is 3.42. The van der Waals surface area contributed by atoms with Gasteiger partial charge in [-0.25, -0.2) is 0 Å². The van der Waals surface area contributed by atoms with Crippen molar-refractivity contribution >= 4 is 0 Å². The summed E-state index contributed by atoms with van der Waals surface area (Å²) in [6.07, 6.45) is 3.16. The minimum atomic E-state index is 0.715. The van der Waals surface area contributed by atoms with E-state index in [1.54, 1.807) is 0 Å². The Bertz CT molecular complexity index is 64.4. The summed E-state index contributed by atoms with van der Waals surface area (Å²) in [5.41, 5.74) is 0. The normalized spacial score (nSPS) is 12.9. The second-order valence-electron chi connectivity index (χ2n) is 2.26. The average molecular weight is 111 g/mol. The minimum absolute atomic E-state index is 0.715. The van der Waals surface area contributed by atoms with Crippen molar-refractivity contribution in [3.8, 4) is 0 Å². The van der Waals surface area contributed by atoms with E-state index in [4.69, 9.17) is 0 Å². The SMILES string of the molecule is C=C[C+](C)C(C)CC. The maximum atomic E-state index is 3.69. The van der Waals surface area contributed by atoms with E-state index in [0.717, 1.165) is 0 Å². The molecule has 1 unspecified atom stereocenters. The van der Waals surface area contributed by atoms with Crippen LogP contribution in [0.15, 0.2) is 12.7 Å². The zero-order valence-electron chi connectivity index (χ0n) is 6.07. The predicted molar refractivity (Wildman–Crippen MR) is 38.6 cm³/mol. The fraction of sp³-hybridized carbons (Fsp3) is 0.625. The van der Waals surface area contributed by atoms with Crippen molar-refractivity contribution in [1.82, 2.24) is 0 Å². The van der Waals surface area contributed by atoms with Crippen LogP contribution in [0.25, 0.3) is 0 Å². The third kappa shape index (κ3) is 2.06. The van der Waals surface area contributed by atoms with Crippen LogP contribution in [-0.4, -0.2) is 0 Å². The van der Waals surface area contributed by atoms with Gasteiger partial charge in [0.05, 0.1) is 12.0 Å². The van der Waals surface area contributed by atoms with Gasteiger partial charge in [0.15, 0.2) is 0 Å². The van der Waals surface area contributed by atoms with Crippen LogP contribution in [0.1, 0.15) is 27.2 Å². The molecule has 1 atom stereocenters. The Morgan fingerprint density at radius 3 is 2.38 bits per heavy atom. The molecule has 0 amide bonds. The van der Waals surface area contributed by atoms with Gasteiger partial charge in [-0.05, 0) is 13.3 Å². The zero-order valence-corrected chi connectivity index (χ0v) is 6.07. The highest BCUT2D eigenvalue weighted by Gasteiger charge is 2.11. The monoisotopic (exact) mass is 111 g/mol. The summed E-state index contributed by atoms with van der Waals surface area (Å²) in [5.74, 6) is 2.11. The van der Waals surface area contributed by atoms with Crippen LogP contribution in [-0.2, 0) is 0 Å². The van der Waals surface area contributed by atoms with Gasteiger partial charge in [0, 0.05) is 19.4 Å². The van der Waals surface area contributed by atoms with Crippen LogP contribution >= 0.6 is 0 Å². The Hall–Kier alpha value is -0.390. The van der Waals surface area contributed by atoms with E-state index in [-0.39, 0.29) is 0 Å². The van der Waals surface area contributed by atoms with Crippen molar-refractivity contribution in [2.75, 3.05) is 0 Å². The first-order valence-electron chi connectivity index (χ1n) is 3.18. The van der Waals surface area contributed by atoms with E-state index in [2.05, 4.69) is 27.4 Å². The van der Waals surface area contributed by atoms with Crippen LogP contribution in [0.2, 0.25) is 0 Å². The Morgan fingerprint density at radius 2 is 2.25 bits per heavy atom. The number of rotatable bonds is 3. The summed E-state index contributed by atoms with van der Waals surface area (Å²) in [6.45, 7) is 10.2. The molecule has 0 radical (unpaired) electrons. The van der Waals surface area contributed by atoms with Crippen molar-refractivity contribution < 1.29 is 0 Å². The maximum Gasteiger partial charge on any atom is 0.0893 e. The maximum absolute atomic E-state index is 3.69. The van der Waals surface area contributed by atoms with E-state index in [1.807, 2.05) is 6.08 Å². The molecule has 0 saturated carbocycles. The van der Waals surface area contributed by atoms with Crippen molar-refractivity contribution in [2.45, 2.75) is 27.2 Å². The van der Waals surface area contributed by atoms with Crippen LogP contribution in [0.4, 0.5) is 0 Å². The van der Waals surface area contributed by atoms with Gasteiger partial charge in [0.2, 0.25) is 0 Å². The first-order chi connectivity index (χ1) is 3.72. The first kappa shape index (κ1) is 7.61. The lowest BCUT2D eigenvalue weighted by atomic mass is 9.94. The van der Waals surface area contributed by atoms with Gasteiger partial charge < -0.3 is 0 Å². The fourth-order valence-corrected chi connectivity index (χ4v) is 0.523. The molecule has 0 bridgehead atoms. The van der Waals surface area contributed by atoms with Gasteiger partial charge in [0.25, 0.3) is 0 Å². The summed E-state index contributed by atoms with van der Waals surface area (Å²) < 4.78 is 0. The Balaban J connectivity index is 3.44. The molecule has 0 fully saturated rings. The quantitative estimate of drug-likeness (QED) is 0.491. The van der Waals surface area contributed by atoms with Gasteiger partial charge >= 0.3 is 0 Å². The Labute approximate surface area is 52.6 Å². The minimum Gasteiger partial charge on any atom is -0.0631 e. The summed E-state index contributed by atoms with van der Waals surface area (Å²) >= 11 is 0. The molecule has 0 aromatic heterocycles. The largest absolute Gasteiger partial charge is 0.0893 e. The molecule has 0 heterocycles. The second-order valence-corrected chi connectivity index (χ2v) is 2.26. The third-order valence-electron chi connectivity index (χ3n) is 1.71. The highest BCUT2D eigenvalue weighted by molar-refractivity contribution is 5.04. The van der Waals surface area contributed by atoms with E-state index >= 15 is 0 Å².